The molecule has 2 rings (SSSR count). The number of halogens is 4. The largest absolute Gasteiger partial charge is 0.417 e. The fourth-order valence-electron chi connectivity index (χ4n) is 2.80. The summed E-state index contributed by atoms with van der Waals surface area (Å²) in [5, 5.41) is 7.03. The second kappa shape index (κ2) is 9.58. The number of hydrogen-bond acceptors (Lipinski definition) is 4. The average molecular weight is 434 g/mol. The summed E-state index contributed by atoms with van der Waals surface area (Å²) in [6.07, 6.45) is -0.869. The Hall–Kier alpha value is -2.13. The van der Waals surface area contributed by atoms with Gasteiger partial charge in [0.2, 0.25) is 0 Å². The van der Waals surface area contributed by atoms with Crippen LogP contribution >= 0.6 is 12.4 Å². The first kappa shape index (κ1) is 24.9. The van der Waals surface area contributed by atoms with E-state index in [0.717, 1.165) is 25.1 Å². The standard InChI is InChI=1S/C19H26F3N5O.ClH/c1-5-18(23,6-2)11-25-17(28)14-10-26-27(16(14)12(3)4)15-8-7-13(9-24-15)19(20,21)22;/h7-10,12H,5-6,11,23H2,1-4H3,(H,25,28);1H. The number of nitrogens with two attached hydrogens (primary N) is 1. The number of aromatic nitrogens is 3. The topological polar surface area (TPSA) is 85.8 Å². The molecule has 6 nitrogen and oxygen atoms in total. The lowest BCUT2D eigenvalue weighted by molar-refractivity contribution is -0.137. The molecule has 0 atom stereocenters. The van der Waals surface area contributed by atoms with Gasteiger partial charge in [0.15, 0.2) is 5.82 Å². The van der Waals surface area contributed by atoms with Crippen LogP contribution in [0.3, 0.4) is 0 Å². The zero-order chi connectivity index (χ0) is 21.1. The first-order valence-corrected chi connectivity index (χ1v) is 9.21. The molecular weight excluding hydrogens is 407 g/mol. The van der Waals surface area contributed by atoms with Crippen LogP contribution in [0.15, 0.2) is 24.5 Å². The van der Waals surface area contributed by atoms with Crippen molar-refractivity contribution in [2.75, 3.05) is 6.54 Å². The van der Waals surface area contributed by atoms with E-state index < -0.39 is 17.3 Å². The van der Waals surface area contributed by atoms with E-state index in [-0.39, 0.29) is 30.0 Å². The SMILES string of the molecule is CCC(N)(CC)CNC(=O)c1cnn(-c2ccc(C(F)(F)F)cn2)c1C(C)C.Cl. The first-order chi connectivity index (χ1) is 13.0. The molecule has 0 radical (unpaired) electrons. The number of nitrogens with zero attached hydrogens (tertiary/aromatic N) is 3. The third-order valence-corrected chi connectivity index (χ3v) is 4.90. The van der Waals surface area contributed by atoms with Crippen LogP contribution in [0.4, 0.5) is 13.2 Å². The second-order valence-electron chi connectivity index (χ2n) is 7.16. The van der Waals surface area contributed by atoms with Crippen LogP contribution in [0.1, 0.15) is 68.1 Å². The van der Waals surface area contributed by atoms with E-state index in [1.54, 1.807) is 0 Å². The minimum Gasteiger partial charge on any atom is -0.350 e. The molecule has 2 aromatic rings. The van der Waals surface area contributed by atoms with Gasteiger partial charge in [-0.1, -0.05) is 27.7 Å². The van der Waals surface area contributed by atoms with Crippen molar-refractivity contribution < 1.29 is 18.0 Å². The second-order valence-corrected chi connectivity index (χ2v) is 7.16. The Balaban J connectivity index is 0.00000420. The lowest BCUT2D eigenvalue weighted by atomic mass is 9.94. The summed E-state index contributed by atoms with van der Waals surface area (Å²) in [5.41, 5.74) is 5.82. The van der Waals surface area contributed by atoms with Crippen molar-refractivity contribution in [3.63, 3.8) is 0 Å². The van der Waals surface area contributed by atoms with E-state index in [1.807, 2.05) is 27.7 Å². The molecule has 0 fully saturated rings. The molecule has 2 heterocycles. The summed E-state index contributed by atoms with van der Waals surface area (Å²) in [5.74, 6) is -0.211. The fourth-order valence-corrected chi connectivity index (χ4v) is 2.80. The maximum Gasteiger partial charge on any atom is 0.417 e. The predicted octanol–water partition coefficient (Wildman–Crippen LogP) is 4.08. The third kappa shape index (κ3) is 5.70. The predicted molar refractivity (Wildman–Crippen MR) is 108 cm³/mol. The summed E-state index contributed by atoms with van der Waals surface area (Å²) >= 11 is 0. The zero-order valence-electron chi connectivity index (χ0n) is 16.9. The number of amides is 1. The van der Waals surface area contributed by atoms with Crippen molar-refractivity contribution in [3.8, 4) is 5.82 Å². The van der Waals surface area contributed by atoms with Gasteiger partial charge < -0.3 is 11.1 Å². The number of carbonyl (C=O) groups is 1. The zero-order valence-corrected chi connectivity index (χ0v) is 17.7. The summed E-state index contributed by atoms with van der Waals surface area (Å²) in [4.78, 5) is 16.6. The van der Waals surface area contributed by atoms with E-state index in [2.05, 4.69) is 15.4 Å². The molecule has 10 heteroatoms. The average Bonchev–Trinajstić information content (AvgIpc) is 3.10. The highest BCUT2D eigenvalue weighted by atomic mass is 35.5. The van der Waals surface area contributed by atoms with E-state index in [1.165, 1.54) is 16.9 Å². The Labute approximate surface area is 174 Å². The molecule has 0 bridgehead atoms. The van der Waals surface area contributed by atoms with Gasteiger partial charge in [0.05, 0.1) is 23.0 Å². The summed E-state index contributed by atoms with van der Waals surface area (Å²) < 4.78 is 39.7. The van der Waals surface area contributed by atoms with Crippen LogP contribution < -0.4 is 11.1 Å². The Morgan fingerprint density at radius 3 is 2.28 bits per heavy atom. The highest BCUT2D eigenvalue weighted by Gasteiger charge is 2.31. The summed E-state index contributed by atoms with van der Waals surface area (Å²) in [6, 6.07) is 2.18. The minimum absolute atomic E-state index is 0. The van der Waals surface area contributed by atoms with E-state index in [0.29, 0.717) is 17.8 Å². The fraction of sp³-hybridized carbons (Fsp3) is 0.526. The molecule has 0 saturated heterocycles. The number of pyridine rings is 1. The Bertz CT molecular complexity index is 814. The Kier molecular flexibility index (Phi) is 8.23. The molecule has 162 valence electrons. The lowest BCUT2D eigenvalue weighted by Crippen LogP contribution is -2.49. The van der Waals surface area contributed by atoms with Gasteiger partial charge in [0, 0.05) is 18.3 Å². The molecule has 0 aliphatic heterocycles. The van der Waals surface area contributed by atoms with Crippen LogP contribution in [0.5, 0.6) is 0 Å². The third-order valence-electron chi connectivity index (χ3n) is 4.90. The molecule has 3 N–H and O–H groups in total. The van der Waals surface area contributed by atoms with Crippen LogP contribution in [0.25, 0.3) is 5.82 Å². The quantitative estimate of drug-likeness (QED) is 0.689. The van der Waals surface area contributed by atoms with Gasteiger partial charge in [0.1, 0.15) is 0 Å². The first-order valence-electron chi connectivity index (χ1n) is 9.21. The summed E-state index contributed by atoms with van der Waals surface area (Å²) in [6.45, 7) is 7.99. The van der Waals surface area contributed by atoms with Crippen LogP contribution in [-0.2, 0) is 6.18 Å². The number of carbonyl (C=O) groups excluding carboxylic acids is 1. The van der Waals surface area contributed by atoms with Crippen LogP contribution in [-0.4, -0.2) is 32.8 Å². The highest BCUT2D eigenvalue weighted by molar-refractivity contribution is 5.95. The van der Waals surface area contributed by atoms with Crippen molar-refractivity contribution in [2.45, 2.75) is 58.2 Å². The molecular formula is C19H27ClF3N5O. The highest BCUT2D eigenvalue weighted by Crippen LogP contribution is 2.29. The Morgan fingerprint density at radius 1 is 1.21 bits per heavy atom. The van der Waals surface area contributed by atoms with Gasteiger partial charge in [-0.05, 0) is 30.9 Å². The molecule has 0 unspecified atom stereocenters. The maximum absolute atomic E-state index is 12.8. The van der Waals surface area contributed by atoms with Crippen molar-refractivity contribution in [3.05, 3.63) is 41.3 Å². The molecule has 0 saturated carbocycles. The van der Waals surface area contributed by atoms with Gasteiger partial charge in [-0.2, -0.15) is 18.3 Å². The number of rotatable bonds is 7. The molecule has 1 amide bonds. The van der Waals surface area contributed by atoms with Gasteiger partial charge in [0.25, 0.3) is 5.91 Å². The van der Waals surface area contributed by atoms with Gasteiger partial charge in [-0.3, -0.25) is 4.79 Å². The maximum atomic E-state index is 12.8. The van der Waals surface area contributed by atoms with Gasteiger partial charge >= 0.3 is 6.18 Å². The molecule has 2 aromatic heterocycles. The number of nitrogens with one attached hydrogen (secondary N) is 1. The molecule has 0 aliphatic carbocycles. The normalized spacial score (nSPS) is 12.0. The van der Waals surface area contributed by atoms with Crippen LogP contribution in [0.2, 0.25) is 0 Å². The van der Waals surface area contributed by atoms with Crippen molar-refractivity contribution in [1.82, 2.24) is 20.1 Å². The number of hydrogen-bond donors (Lipinski definition) is 2. The van der Waals surface area contributed by atoms with Crippen molar-refractivity contribution in [2.24, 2.45) is 5.73 Å². The minimum atomic E-state index is -4.46. The summed E-state index contributed by atoms with van der Waals surface area (Å²) in [7, 11) is 0. The van der Waals surface area contributed by atoms with Gasteiger partial charge in [-0.25, -0.2) is 9.67 Å². The van der Waals surface area contributed by atoms with E-state index in [9.17, 15) is 18.0 Å². The smallest absolute Gasteiger partial charge is 0.350 e. The van der Waals surface area contributed by atoms with Crippen LogP contribution in [0, 0.1) is 0 Å². The van der Waals surface area contributed by atoms with Gasteiger partial charge in [-0.15, -0.1) is 12.4 Å². The van der Waals surface area contributed by atoms with Crippen molar-refractivity contribution in [1.29, 1.82) is 0 Å². The van der Waals surface area contributed by atoms with E-state index >= 15 is 0 Å². The lowest BCUT2D eigenvalue weighted by Gasteiger charge is -2.26. The van der Waals surface area contributed by atoms with E-state index in [4.69, 9.17) is 5.73 Å². The number of alkyl halides is 3. The molecule has 0 aromatic carbocycles. The monoisotopic (exact) mass is 433 g/mol. The van der Waals surface area contributed by atoms with Crippen molar-refractivity contribution >= 4 is 18.3 Å². The molecule has 0 spiro atoms. The molecule has 29 heavy (non-hydrogen) atoms. The molecule has 0 aliphatic rings. The Morgan fingerprint density at radius 2 is 1.83 bits per heavy atom.